The number of benzene rings is 1. The largest absolute Gasteiger partial charge is 0.417 e. The number of nitrogens with zero attached hydrogens (tertiary/aromatic N) is 2. The second kappa shape index (κ2) is 9.62. The Hall–Kier alpha value is -3.39. The molecule has 1 aliphatic heterocycles. The van der Waals surface area contributed by atoms with Crippen LogP contribution in [0.2, 0.25) is 0 Å². The monoisotopic (exact) mass is 450 g/mol. The summed E-state index contributed by atoms with van der Waals surface area (Å²) in [5, 5.41) is 0. The van der Waals surface area contributed by atoms with Crippen LogP contribution in [0.4, 0.5) is 0 Å². The van der Waals surface area contributed by atoms with Crippen LogP contribution >= 0.6 is 0 Å². The molecule has 2 aromatic heterocycles. The lowest BCUT2D eigenvalue weighted by atomic mass is 10.0. The lowest BCUT2D eigenvalue weighted by molar-refractivity contribution is 0.0970. The number of oxazole rings is 1. The van der Waals surface area contributed by atoms with Crippen LogP contribution in [0.15, 0.2) is 44.9 Å². The van der Waals surface area contributed by atoms with E-state index in [2.05, 4.69) is 21.4 Å². The molecule has 0 unspecified atom stereocenters. The van der Waals surface area contributed by atoms with Gasteiger partial charge in [-0.3, -0.25) is 14.3 Å². The zero-order valence-electron chi connectivity index (χ0n) is 19.1. The SMILES string of the molecule is C=C/C=C\c1c(C)[nH]c(=O)n1C1CCN(CCCC(=O)c2cc(C)c3[nH]c(=O)oc3c2)CC1. The number of carbonyl (C=O) groups is 1. The van der Waals surface area contributed by atoms with E-state index in [9.17, 15) is 14.4 Å². The van der Waals surface area contributed by atoms with E-state index < -0.39 is 5.76 Å². The second-order valence-corrected chi connectivity index (χ2v) is 8.69. The molecule has 8 heteroatoms. The first-order valence-corrected chi connectivity index (χ1v) is 11.4. The third-order valence-corrected chi connectivity index (χ3v) is 6.40. The molecular formula is C25H30N4O4. The predicted molar refractivity (Wildman–Crippen MR) is 129 cm³/mol. The maximum absolute atomic E-state index is 12.7. The normalized spacial score (nSPS) is 15.6. The number of nitrogens with one attached hydrogen (secondary N) is 2. The van der Waals surface area contributed by atoms with E-state index in [1.165, 1.54) is 0 Å². The van der Waals surface area contributed by atoms with Crippen LogP contribution in [0, 0.1) is 13.8 Å². The molecule has 0 radical (unpaired) electrons. The molecule has 3 heterocycles. The molecule has 174 valence electrons. The average Bonchev–Trinajstić information content (AvgIpc) is 3.30. The first-order valence-electron chi connectivity index (χ1n) is 11.4. The van der Waals surface area contributed by atoms with E-state index in [0.29, 0.717) is 23.1 Å². The van der Waals surface area contributed by atoms with Crippen molar-refractivity contribution < 1.29 is 9.21 Å². The minimum absolute atomic E-state index is 0.0479. The van der Waals surface area contributed by atoms with Crippen molar-refractivity contribution in [2.75, 3.05) is 19.6 Å². The van der Waals surface area contributed by atoms with Gasteiger partial charge in [-0.05, 0) is 63.4 Å². The summed E-state index contributed by atoms with van der Waals surface area (Å²) >= 11 is 0. The highest BCUT2D eigenvalue weighted by Gasteiger charge is 2.24. The molecule has 1 saturated heterocycles. The van der Waals surface area contributed by atoms with Gasteiger partial charge >= 0.3 is 11.4 Å². The number of piperidine rings is 1. The Bertz CT molecular complexity index is 1310. The summed E-state index contributed by atoms with van der Waals surface area (Å²) in [5.41, 5.74) is 4.17. The lowest BCUT2D eigenvalue weighted by Gasteiger charge is -2.32. The van der Waals surface area contributed by atoms with E-state index in [-0.39, 0.29) is 17.5 Å². The summed E-state index contributed by atoms with van der Waals surface area (Å²) in [4.78, 5) is 44.5. The molecule has 0 amide bonds. The van der Waals surface area contributed by atoms with Gasteiger partial charge in [0.05, 0.1) is 11.2 Å². The predicted octanol–water partition coefficient (Wildman–Crippen LogP) is 3.73. The summed E-state index contributed by atoms with van der Waals surface area (Å²) in [6.07, 6.45) is 8.46. The smallest absolute Gasteiger partial charge is 0.408 e. The summed E-state index contributed by atoms with van der Waals surface area (Å²) in [6, 6.07) is 3.61. The molecule has 1 fully saturated rings. The van der Waals surface area contributed by atoms with Gasteiger partial charge in [0.25, 0.3) is 0 Å². The number of hydrogen-bond acceptors (Lipinski definition) is 5. The van der Waals surface area contributed by atoms with Crippen LogP contribution in [-0.4, -0.2) is 44.9 Å². The minimum Gasteiger partial charge on any atom is -0.408 e. The van der Waals surface area contributed by atoms with Gasteiger partial charge in [-0.15, -0.1) is 0 Å². The highest BCUT2D eigenvalue weighted by molar-refractivity contribution is 5.99. The number of ketones is 1. The van der Waals surface area contributed by atoms with Gasteiger partial charge in [0.2, 0.25) is 0 Å². The van der Waals surface area contributed by atoms with E-state index in [4.69, 9.17) is 4.42 Å². The Morgan fingerprint density at radius 3 is 2.70 bits per heavy atom. The number of imidazole rings is 1. The number of rotatable bonds is 8. The molecule has 1 aliphatic rings. The van der Waals surface area contributed by atoms with E-state index in [1.807, 2.05) is 30.6 Å². The second-order valence-electron chi connectivity index (χ2n) is 8.69. The van der Waals surface area contributed by atoms with Crippen molar-refractivity contribution in [1.29, 1.82) is 0 Å². The third kappa shape index (κ3) is 4.85. The molecular weight excluding hydrogens is 420 g/mol. The van der Waals surface area contributed by atoms with Gasteiger partial charge in [-0.1, -0.05) is 18.7 Å². The van der Waals surface area contributed by atoms with Gasteiger partial charge in [0.1, 0.15) is 0 Å². The molecule has 0 aliphatic carbocycles. The van der Waals surface area contributed by atoms with Crippen molar-refractivity contribution in [3.05, 3.63) is 74.4 Å². The van der Waals surface area contributed by atoms with Gasteiger partial charge in [-0.25, -0.2) is 9.59 Å². The van der Waals surface area contributed by atoms with Crippen molar-refractivity contribution in [3.8, 4) is 0 Å². The van der Waals surface area contributed by atoms with Crippen molar-refractivity contribution >= 4 is 23.0 Å². The topological polar surface area (TPSA) is 104 Å². The van der Waals surface area contributed by atoms with Crippen molar-refractivity contribution in [1.82, 2.24) is 19.4 Å². The molecule has 1 aromatic carbocycles. The number of aromatic nitrogens is 3. The number of likely N-dealkylation sites (tertiary alicyclic amines) is 1. The van der Waals surface area contributed by atoms with Crippen LogP contribution in [0.3, 0.4) is 0 Å². The Morgan fingerprint density at radius 2 is 1.97 bits per heavy atom. The molecule has 0 spiro atoms. The van der Waals surface area contributed by atoms with Gasteiger partial charge < -0.3 is 14.3 Å². The number of fused-ring (bicyclic) bond motifs is 1. The maximum atomic E-state index is 12.7. The van der Waals surface area contributed by atoms with Crippen molar-refractivity contribution in [2.24, 2.45) is 0 Å². The molecule has 0 bridgehead atoms. The highest BCUT2D eigenvalue weighted by Crippen LogP contribution is 2.25. The molecule has 0 saturated carbocycles. The van der Waals surface area contributed by atoms with Gasteiger partial charge in [0.15, 0.2) is 11.4 Å². The highest BCUT2D eigenvalue weighted by atomic mass is 16.4. The standard InChI is InChI=1S/C25H30N4O4/c1-4-5-7-20-17(3)26-24(31)29(20)19-9-12-28(13-10-19)11-6-8-21(30)18-14-16(2)23-22(15-18)33-25(32)27-23/h4-5,7,14-15,19H,1,6,8-13H2,2-3H3,(H,26,31)(H,27,32)/b7-5-. The number of allylic oxidation sites excluding steroid dienone is 2. The summed E-state index contributed by atoms with van der Waals surface area (Å²) in [6.45, 7) is 10.1. The third-order valence-electron chi connectivity index (χ3n) is 6.40. The molecule has 8 nitrogen and oxygen atoms in total. The number of aromatic amines is 2. The van der Waals surface area contributed by atoms with Crippen LogP contribution < -0.4 is 11.4 Å². The maximum Gasteiger partial charge on any atom is 0.417 e. The molecule has 33 heavy (non-hydrogen) atoms. The fraction of sp³-hybridized carbons (Fsp3) is 0.400. The summed E-state index contributed by atoms with van der Waals surface area (Å²) in [5.74, 6) is -0.464. The number of H-pyrrole nitrogens is 2. The van der Waals surface area contributed by atoms with E-state index in [0.717, 1.165) is 55.8 Å². The zero-order valence-corrected chi connectivity index (χ0v) is 19.1. The van der Waals surface area contributed by atoms with Crippen LogP contribution in [0.5, 0.6) is 0 Å². The summed E-state index contributed by atoms with van der Waals surface area (Å²) in [7, 11) is 0. The molecule has 0 atom stereocenters. The number of hydrogen-bond donors (Lipinski definition) is 2. The first kappa shape index (κ1) is 22.8. The minimum atomic E-state index is -0.512. The Balaban J connectivity index is 1.31. The Morgan fingerprint density at radius 1 is 1.21 bits per heavy atom. The summed E-state index contributed by atoms with van der Waals surface area (Å²) < 4.78 is 6.99. The molecule has 2 N–H and O–H groups in total. The van der Waals surface area contributed by atoms with Crippen LogP contribution in [-0.2, 0) is 0 Å². The van der Waals surface area contributed by atoms with E-state index in [1.54, 1.807) is 18.2 Å². The first-order chi connectivity index (χ1) is 15.9. The number of carbonyl (C=O) groups excluding carboxylic acids is 1. The average molecular weight is 451 g/mol. The van der Waals surface area contributed by atoms with E-state index >= 15 is 0 Å². The van der Waals surface area contributed by atoms with Gasteiger partial charge in [-0.2, -0.15) is 0 Å². The van der Waals surface area contributed by atoms with Crippen LogP contribution in [0.1, 0.15) is 59.0 Å². The molecule has 3 aromatic rings. The fourth-order valence-corrected chi connectivity index (χ4v) is 4.69. The Kier molecular flexibility index (Phi) is 6.65. The Labute approximate surface area is 191 Å². The zero-order chi connectivity index (χ0) is 23.5. The number of aryl methyl sites for hydroxylation is 2. The fourth-order valence-electron chi connectivity index (χ4n) is 4.69. The lowest BCUT2D eigenvalue weighted by Crippen LogP contribution is -2.37. The van der Waals surface area contributed by atoms with Crippen LogP contribution in [0.25, 0.3) is 17.2 Å². The number of Topliss-reactive ketones (excluding diaryl/α,β-unsaturated/α-hetero) is 1. The van der Waals surface area contributed by atoms with Crippen molar-refractivity contribution in [3.63, 3.8) is 0 Å². The van der Waals surface area contributed by atoms with Gasteiger partial charge in [0, 0.05) is 36.8 Å². The van der Waals surface area contributed by atoms with Crippen molar-refractivity contribution in [2.45, 2.75) is 45.6 Å². The quantitative estimate of drug-likeness (QED) is 0.402. The molecule has 4 rings (SSSR count).